The molecule has 3 heterocycles. The molecule has 4 aromatic rings. The average Bonchev–Trinajstić information content (AvgIpc) is 3.59. The van der Waals surface area contributed by atoms with Gasteiger partial charge in [-0.25, -0.2) is 14.8 Å². The SMILES string of the molecule is COc1cc2c(Oc3cccc(NC(=O)Nc4cc(C(C)(C)C)on4)c3)ncnc2cc1O[C@H]1CCN(C(C)(C)C)C1. The van der Waals surface area contributed by atoms with Crippen molar-refractivity contribution in [1.82, 2.24) is 20.0 Å². The molecule has 2 amide bonds. The predicted octanol–water partition coefficient (Wildman–Crippen LogP) is 6.61. The maximum absolute atomic E-state index is 12.6. The second-order valence-corrected chi connectivity index (χ2v) is 12.4. The number of nitrogens with zero attached hydrogens (tertiary/aromatic N) is 4. The molecule has 11 nitrogen and oxygen atoms in total. The van der Waals surface area contributed by atoms with Gasteiger partial charge < -0.3 is 24.1 Å². The van der Waals surface area contributed by atoms with Crippen LogP contribution in [0.4, 0.5) is 16.3 Å². The Morgan fingerprint density at radius 2 is 1.83 bits per heavy atom. The lowest BCUT2D eigenvalue weighted by Crippen LogP contribution is -2.40. The Hall–Kier alpha value is -4.38. The number of methoxy groups -OCH3 is 1. The van der Waals surface area contributed by atoms with Crippen molar-refractivity contribution in [1.29, 1.82) is 0 Å². The summed E-state index contributed by atoms with van der Waals surface area (Å²) < 4.78 is 23.5. The molecule has 0 spiro atoms. The number of likely N-dealkylation sites (tertiary alicyclic amines) is 1. The number of aromatic nitrogens is 3. The second-order valence-electron chi connectivity index (χ2n) is 12.4. The van der Waals surface area contributed by atoms with E-state index in [0.29, 0.717) is 51.3 Å². The molecule has 0 bridgehead atoms. The Labute approximate surface area is 245 Å². The number of hydrogen-bond acceptors (Lipinski definition) is 9. The number of rotatable bonds is 7. The molecule has 0 saturated carbocycles. The number of ether oxygens (including phenoxy) is 3. The molecule has 2 aromatic heterocycles. The van der Waals surface area contributed by atoms with Gasteiger partial charge in [-0.3, -0.25) is 10.2 Å². The minimum Gasteiger partial charge on any atom is -0.493 e. The monoisotopic (exact) mass is 574 g/mol. The van der Waals surface area contributed by atoms with Crippen LogP contribution in [0.25, 0.3) is 10.9 Å². The highest BCUT2D eigenvalue weighted by Crippen LogP contribution is 2.38. The highest BCUT2D eigenvalue weighted by atomic mass is 16.5. The molecule has 1 fully saturated rings. The summed E-state index contributed by atoms with van der Waals surface area (Å²) in [4.78, 5) is 23.8. The number of carbonyl (C=O) groups excluding carboxylic acids is 1. The van der Waals surface area contributed by atoms with Gasteiger partial charge in [0.2, 0.25) is 5.88 Å². The molecular weight excluding hydrogens is 536 g/mol. The molecule has 1 atom stereocenters. The van der Waals surface area contributed by atoms with Crippen LogP contribution in [0.2, 0.25) is 0 Å². The molecule has 2 aromatic carbocycles. The quantitative estimate of drug-likeness (QED) is 0.251. The lowest BCUT2D eigenvalue weighted by molar-refractivity contribution is 0.139. The normalized spacial score (nSPS) is 15.9. The molecule has 0 radical (unpaired) electrons. The Morgan fingerprint density at radius 1 is 1.02 bits per heavy atom. The van der Waals surface area contributed by atoms with E-state index in [1.165, 1.54) is 6.33 Å². The molecule has 0 unspecified atom stereocenters. The zero-order chi connectivity index (χ0) is 30.1. The van der Waals surface area contributed by atoms with E-state index in [2.05, 4.69) is 51.4 Å². The molecule has 42 heavy (non-hydrogen) atoms. The Morgan fingerprint density at radius 3 is 2.52 bits per heavy atom. The first-order valence-electron chi connectivity index (χ1n) is 14.0. The number of carbonyl (C=O) groups is 1. The lowest BCUT2D eigenvalue weighted by Gasteiger charge is -2.31. The fourth-order valence-corrected chi connectivity index (χ4v) is 4.70. The molecule has 1 aliphatic heterocycles. The Balaban J connectivity index is 1.29. The van der Waals surface area contributed by atoms with Gasteiger partial charge in [-0.1, -0.05) is 32.0 Å². The van der Waals surface area contributed by atoms with E-state index in [1.54, 1.807) is 37.4 Å². The standard InChI is InChI=1S/C31H38N6O5/c1-30(2,3)26-16-27(36-42-26)35-29(38)34-19-9-8-10-20(13-19)41-28-22-14-24(39-7)25(15-23(22)32-18-33-28)40-21-11-12-37(17-21)31(4,5)6/h8-10,13-16,18,21H,11-12,17H2,1-7H3,(H2,34,35,36,38)/t21-/m0/s1. The number of benzene rings is 2. The Bertz CT molecular complexity index is 1570. The van der Waals surface area contributed by atoms with Crippen molar-refractivity contribution in [2.45, 2.75) is 65.0 Å². The van der Waals surface area contributed by atoms with E-state index in [4.69, 9.17) is 18.7 Å². The lowest BCUT2D eigenvalue weighted by atomic mass is 9.93. The van der Waals surface area contributed by atoms with Crippen molar-refractivity contribution in [2.24, 2.45) is 0 Å². The van der Waals surface area contributed by atoms with Crippen LogP contribution < -0.4 is 24.8 Å². The van der Waals surface area contributed by atoms with Crippen LogP contribution in [0.3, 0.4) is 0 Å². The second kappa shape index (κ2) is 11.5. The summed E-state index contributed by atoms with van der Waals surface area (Å²) in [5, 5.41) is 10.1. The summed E-state index contributed by atoms with van der Waals surface area (Å²) in [7, 11) is 1.61. The van der Waals surface area contributed by atoms with Crippen LogP contribution >= 0.6 is 0 Å². The van der Waals surface area contributed by atoms with Crippen molar-refractivity contribution >= 4 is 28.4 Å². The molecule has 222 valence electrons. The maximum atomic E-state index is 12.6. The van der Waals surface area contributed by atoms with E-state index < -0.39 is 6.03 Å². The zero-order valence-electron chi connectivity index (χ0n) is 25.1. The van der Waals surface area contributed by atoms with Gasteiger partial charge in [-0.2, -0.15) is 0 Å². The van der Waals surface area contributed by atoms with Gasteiger partial charge in [0.15, 0.2) is 17.3 Å². The molecule has 5 rings (SSSR count). The first-order valence-corrected chi connectivity index (χ1v) is 14.0. The number of hydrogen-bond donors (Lipinski definition) is 2. The summed E-state index contributed by atoms with van der Waals surface area (Å²) in [5.41, 5.74) is 1.06. The summed E-state index contributed by atoms with van der Waals surface area (Å²) in [5.74, 6) is 3.04. The van der Waals surface area contributed by atoms with Crippen LogP contribution in [0, 0.1) is 0 Å². The van der Waals surface area contributed by atoms with Gasteiger partial charge in [0.1, 0.15) is 23.9 Å². The van der Waals surface area contributed by atoms with Crippen molar-refractivity contribution < 1.29 is 23.5 Å². The third-order valence-electron chi connectivity index (χ3n) is 7.07. The van der Waals surface area contributed by atoms with Crippen LogP contribution in [-0.4, -0.2) is 57.9 Å². The summed E-state index contributed by atoms with van der Waals surface area (Å²) in [6.07, 6.45) is 2.45. The molecular formula is C31H38N6O5. The fourth-order valence-electron chi connectivity index (χ4n) is 4.70. The number of amides is 2. The summed E-state index contributed by atoms with van der Waals surface area (Å²) in [6, 6.07) is 11.9. The van der Waals surface area contributed by atoms with Crippen molar-refractivity contribution in [3.63, 3.8) is 0 Å². The Kier molecular flexibility index (Phi) is 7.96. The number of urea groups is 1. The van der Waals surface area contributed by atoms with E-state index >= 15 is 0 Å². The van der Waals surface area contributed by atoms with E-state index in [9.17, 15) is 4.79 Å². The van der Waals surface area contributed by atoms with Crippen molar-refractivity contribution in [3.05, 3.63) is 54.6 Å². The zero-order valence-corrected chi connectivity index (χ0v) is 25.1. The van der Waals surface area contributed by atoms with Gasteiger partial charge >= 0.3 is 6.03 Å². The average molecular weight is 575 g/mol. The minimum absolute atomic E-state index is 0.0606. The highest BCUT2D eigenvalue weighted by molar-refractivity contribution is 5.99. The van der Waals surface area contributed by atoms with Crippen molar-refractivity contribution in [2.75, 3.05) is 30.8 Å². The molecule has 1 aliphatic rings. The summed E-state index contributed by atoms with van der Waals surface area (Å²) in [6.45, 7) is 14.5. The van der Waals surface area contributed by atoms with E-state index in [-0.39, 0.29) is 17.1 Å². The first kappa shape index (κ1) is 29.1. The maximum Gasteiger partial charge on any atom is 0.324 e. The van der Waals surface area contributed by atoms with Gasteiger partial charge in [-0.05, 0) is 45.4 Å². The van der Waals surface area contributed by atoms with Gasteiger partial charge in [0.25, 0.3) is 0 Å². The van der Waals surface area contributed by atoms with Gasteiger partial charge in [0, 0.05) is 47.9 Å². The number of nitrogens with one attached hydrogen (secondary N) is 2. The topological polar surface area (TPSA) is 124 Å². The first-order chi connectivity index (χ1) is 19.9. The van der Waals surface area contributed by atoms with Gasteiger partial charge in [0.05, 0.1) is 18.0 Å². The molecule has 0 aliphatic carbocycles. The smallest absolute Gasteiger partial charge is 0.324 e. The minimum atomic E-state index is -0.460. The molecule has 1 saturated heterocycles. The van der Waals surface area contributed by atoms with Crippen LogP contribution in [0.1, 0.15) is 53.7 Å². The van der Waals surface area contributed by atoms with Crippen molar-refractivity contribution in [3.8, 4) is 23.1 Å². The van der Waals surface area contributed by atoms with Crippen LogP contribution in [-0.2, 0) is 5.41 Å². The molecule has 2 N–H and O–H groups in total. The molecule has 11 heteroatoms. The van der Waals surface area contributed by atoms with Gasteiger partial charge in [-0.15, -0.1) is 0 Å². The number of anilines is 2. The number of fused-ring (bicyclic) bond motifs is 1. The predicted molar refractivity (Wildman–Crippen MR) is 161 cm³/mol. The van der Waals surface area contributed by atoms with Crippen LogP contribution in [0.5, 0.6) is 23.1 Å². The third kappa shape index (κ3) is 6.73. The fraction of sp³-hybridized carbons (Fsp3) is 0.419. The summed E-state index contributed by atoms with van der Waals surface area (Å²) >= 11 is 0. The van der Waals surface area contributed by atoms with E-state index in [0.717, 1.165) is 19.5 Å². The van der Waals surface area contributed by atoms with Crippen LogP contribution in [0.15, 0.2) is 53.3 Å². The van der Waals surface area contributed by atoms with E-state index in [1.807, 2.05) is 32.9 Å². The largest absolute Gasteiger partial charge is 0.493 e. The highest BCUT2D eigenvalue weighted by Gasteiger charge is 2.32. The third-order valence-corrected chi connectivity index (χ3v) is 7.07.